The van der Waals surface area contributed by atoms with Crippen molar-refractivity contribution in [2.24, 2.45) is 0 Å². The van der Waals surface area contributed by atoms with Gasteiger partial charge in [0.1, 0.15) is 0 Å². The smallest absolute Gasteiger partial charge is 0.0546 e. The molecule has 0 saturated carbocycles. The molecule has 300 valence electrons. The van der Waals surface area contributed by atoms with E-state index in [-0.39, 0.29) is 0 Å². The van der Waals surface area contributed by atoms with Crippen LogP contribution in [-0.4, -0.2) is 4.57 Å². The molecule has 0 aliphatic heterocycles. The summed E-state index contributed by atoms with van der Waals surface area (Å²) in [6.07, 6.45) is 0. The lowest BCUT2D eigenvalue weighted by molar-refractivity contribution is 1.18. The SMILES string of the molecule is c1ccc(-c2c(-c3ccc(N(c4cccc(-c5cccc6ccccc56)c4)c4cccc(-c5cccc6ccccc56)c4)cc3)cccc2-n2c3ccccc3c3ccccc32)cc1. The Hall–Kier alpha value is -8.46. The van der Waals surface area contributed by atoms with Gasteiger partial charge < -0.3 is 9.47 Å². The highest BCUT2D eigenvalue weighted by Crippen LogP contribution is 2.44. The molecule has 0 fully saturated rings. The lowest BCUT2D eigenvalue weighted by Crippen LogP contribution is -2.10. The number of hydrogen-bond acceptors (Lipinski definition) is 1. The molecule has 0 spiro atoms. The second-order valence-corrected chi connectivity index (χ2v) is 16.5. The number of rotatable bonds is 8. The van der Waals surface area contributed by atoms with Gasteiger partial charge in [0.25, 0.3) is 0 Å². The Kier molecular flexibility index (Phi) is 9.20. The minimum atomic E-state index is 1.08. The molecule has 0 bridgehead atoms. The standard InChI is InChI=1S/C62H42N2/c1-2-19-46(20-3-1)62-56(33-16-36-61(62)64-59-34-10-8-29-57(59)58-30-9-11-35-60(58)64)45-37-39-49(40-38-45)63(50-25-12-23-47(41-50)54-31-14-21-43-17-4-6-27-52(43)54)51-26-13-24-48(42-51)55-32-15-22-44-18-5-7-28-53(44)55/h1-42H. The minimum absolute atomic E-state index is 1.08. The predicted octanol–water partition coefficient (Wildman–Crippen LogP) is 17.2. The molecular formula is C62H42N2. The fourth-order valence-electron chi connectivity index (χ4n) is 9.87. The van der Waals surface area contributed by atoms with E-state index in [0.717, 1.165) is 28.3 Å². The van der Waals surface area contributed by atoms with Crippen LogP contribution in [0.15, 0.2) is 255 Å². The average Bonchev–Trinajstić information content (AvgIpc) is 3.71. The molecule has 2 heteroatoms. The van der Waals surface area contributed by atoms with Crippen LogP contribution in [0.1, 0.15) is 0 Å². The van der Waals surface area contributed by atoms with Gasteiger partial charge in [-0.2, -0.15) is 0 Å². The third-order valence-corrected chi connectivity index (χ3v) is 12.8. The molecule has 1 heterocycles. The summed E-state index contributed by atoms with van der Waals surface area (Å²) < 4.78 is 2.44. The summed E-state index contributed by atoms with van der Waals surface area (Å²) in [4.78, 5) is 2.40. The van der Waals surface area contributed by atoms with Crippen molar-refractivity contribution in [2.75, 3.05) is 4.90 Å². The molecule has 0 N–H and O–H groups in total. The molecule has 12 aromatic rings. The van der Waals surface area contributed by atoms with Crippen molar-refractivity contribution in [1.29, 1.82) is 0 Å². The predicted molar refractivity (Wildman–Crippen MR) is 272 cm³/mol. The van der Waals surface area contributed by atoms with Crippen molar-refractivity contribution in [3.8, 4) is 50.2 Å². The van der Waals surface area contributed by atoms with E-state index in [1.54, 1.807) is 0 Å². The summed E-state index contributed by atoms with van der Waals surface area (Å²) in [6.45, 7) is 0. The van der Waals surface area contributed by atoms with Crippen molar-refractivity contribution < 1.29 is 0 Å². The van der Waals surface area contributed by atoms with E-state index in [1.807, 2.05) is 0 Å². The van der Waals surface area contributed by atoms with Crippen LogP contribution in [0.25, 0.3) is 93.5 Å². The highest BCUT2D eigenvalue weighted by atomic mass is 15.1. The van der Waals surface area contributed by atoms with Crippen molar-refractivity contribution in [1.82, 2.24) is 4.57 Å². The van der Waals surface area contributed by atoms with E-state index in [0.29, 0.717) is 0 Å². The Bertz CT molecular complexity index is 3490. The molecule has 0 unspecified atom stereocenters. The van der Waals surface area contributed by atoms with Crippen LogP contribution >= 0.6 is 0 Å². The molecule has 0 aliphatic carbocycles. The topological polar surface area (TPSA) is 8.17 Å². The first kappa shape index (κ1) is 37.3. The Morgan fingerprint density at radius 1 is 0.266 bits per heavy atom. The van der Waals surface area contributed by atoms with Crippen molar-refractivity contribution >= 4 is 60.4 Å². The third kappa shape index (κ3) is 6.44. The molecule has 2 nitrogen and oxygen atoms in total. The highest BCUT2D eigenvalue weighted by molar-refractivity contribution is 6.10. The fourth-order valence-corrected chi connectivity index (χ4v) is 9.87. The van der Waals surface area contributed by atoms with Gasteiger partial charge in [0, 0.05) is 33.4 Å². The second kappa shape index (κ2) is 15.8. The van der Waals surface area contributed by atoms with Gasteiger partial charge >= 0.3 is 0 Å². The normalized spacial score (nSPS) is 11.4. The van der Waals surface area contributed by atoms with Gasteiger partial charge in [-0.25, -0.2) is 0 Å². The van der Waals surface area contributed by atoms with E-state index in [1.165, 1.54) is 82.3 Å². The highest BCUT2D eigenvalue weighted by Gasteiger charge is 2.20. The quantitative estimate of drug-likeness (QED) is 0.148. The number of anilines is 3. The van der Waals surface area contributed by atoms with Crippen LogP contribution in [-0.2, 0) is 0 Å². The maximum atomic E-state index is 2.44. The summed E-state index contributed by atoms with van der Waals surface area (Å²) in [5.41, 5.74) is 16.3. The number of para-hydroxylation sites is 2. The largest absolute Gasteiger partial charge is 0.310 e. The van der Waals surface area contributed by atoms with Crippen molar-refractivity contribution in [3.05, 3.63) is 255 Å². The molecule has 0 atom stereocenters. The number of benzene rings is 11. The van der Waals surface area contributed by atoms with E-state index in [4.69, 9.17) is 0 Å². The van der Waals surface area contributed by atoms with Crippen LogP contribution in [0.2, 0.25) is 0 Å². The second-order valence-electron chi connectivity index (χ2n) is 16.5. The minimum Gasteiger partial charge on any atom is -0.310 e. The Labute approximate surface area is 373 Å². The molecule has 0 aliphatic rings. The Morgan fingerprint density at radius 3 is 1.28 bits per heavy atom. The zero-order valence-corrected chi connectivity index (χ0v) is 35.1. The molecule has 64 heavy (non-hydrogen) atoms. The maximum absolute atomic E-state index is 2.44. The first-order valence-corrected chi connectivity index (χ1v) is 22.0. The van der Waals surface area contributed by atoms with Gasteiger partial charge in [-0.3, -0.25) is 0 Å². The zero-order chi connectivity index (χ0) is 42.4. The monoisotopic (exact) mass is 814 g/mol. The number of fused-ring (bicyclic) bond motifs is 5. The first-order chi connectivity index (χ1) is 31.8. The van der Waals surface area contributed by atoms with Gasteiger partial charge in [-0.05, 0) is 115 Å². The van der Waals surface area contributed by atoms with Crippen LogP contribution < -0.4 is 4.90 Å². The van der Waals surface area contributed by atoms with Gasteiger partial charge in [0.05, 0.1) is 16.7 Å². The zero-order valence-electron chi connectivity index (χ0n) is 35.1. The van der Waals surface area contributed by atoms with Gasteiger partial charge in [0.2, 0.25) is 0 Å². The van der Waals surface area contributed by atoms with Crippen molar-refractivity contribution in [3.63, 3.8) is 0 Å². The van der Waals surface area contributed by atoms with Crippen LogP contribution in [0.3, 0.4) is 0 Å². The van der Waals surface area contributed by atoms with Gasteiger partial charge in [-0.15, -0.1) is 0 Å². The van der Waals surface area contributed by atoms with Crippen LogP contribution in [0, 0.1) is 0 Å². The summed E-state index contributed by atoms with van der Waals surface area (Å²) >= 11 is 0. The molecule has 1 aromatic heterocycles. The van der Waals surface area contributed by atoms with Crippen LogP contribution in [0.4, 0.5) is 17.1 Å². The number of aromatic nitrogens is 1. The van der Waals surface area contributed by atoms with Gasteiger partial charge in [0.15, 0.2) is 0 Å². The Balaban J connectivity index is 1.03. The molecule has 0 amide bonds. The van der Waals surface area contributed by atoms with E-state index in [2.05, 4.69) is 264 Å². The van der Waals surface area contributed by atoms with E-state index in [9.17, 15) is 0 Å². The summed E-state index contributed by atoms with van der Waals surface area (Å²) in [5.74, 6) is 0. The average molecular weight is 815 g/mol. The number of hydrogen-bond donors (Lipinski definition) is 0. The molecule has 11 aromatic carbocycles. The summed E-state index contributed by atoms with van der Waals surface area (Å²) in [6, 6.07) is 92.7. The lowest BCUT2D eigenvalue weighted by atomic mass is 9.92. The lowest BCUT2D eigenvalue weighted by Gasteiger charge is -2.27. The molecule has 0 radical (unpaired) electrons. The van der Waals surface area contributed by atoms with Crippen molar-refractivity contribution in [2.45, 2.75) is 0 Å². The third-order valence-electron chi connectivity index (χ3n) is 12.8. The summed E-state index contributed by atoms with van der Waals surface area (Å²) in [7, 11) is 0. The van der Waals surface area contributed by atoms with E-state index >= 15 is 0 Å². The fraction of sp³-hybridized carbons (Fsp3) is 0. The van der Waals surface area contributed by atoms with Crippen LogP contribution in [0.5, 0.6) is 0 Å². The Morgan fingerprint density at radius 2 is 0.703 bits per heavy atom. The first-order valence-electron chi connectivity index (χ1n) is 22.0. The maximum Gasteiger partial charge on any atom is 0.0546 e. The molecule has 0 saturated heterocycles. The number of nitrogens with zero attached hydrogens (tertiary/aromatic N) is 2. The van der Waals surface area contributed by atoms with Gasteiger partial charge in [-0.1, -0.05) is 200 Å². The molecule has 12 rings (SSSR count). The van der Waals surface area contributed by atoms with E-state index < -0.39 is 0 Å². The molecular weight excluding hydrogens is 773 g/mol. The summed E-state index contributed by atoms with van der Waals surface area (Å²) in [5, 5.41) is 7.46.